The number of nitrogens with zero attached hydrogens (tertiary/aromatic N) is 1. The summed E-state index contributed by atoms with van der Waals surface area (Å²) in [5, 5.41) is 2.66. The van der Waals surface area contributed by atoms with Crippen molar-refractivity contribution < 1.29 is 4.79 Å². The second-order valence-corrected chi connectivity index (χ2v) is 7.12. The van der Waals surface area contributed by atoms with Gasteiger partial charge in [-0.3, -0.25) is 4.79 Å². The summed E-state index contributed by atoms with van der Waals surface area (Å²) in [6, 6.07) is 11.9. The van der Waals surface area contributed by atoms with Crippen LogP contribution in [0.3, 0.4) is 0 Å². The van der Waals surface area contributed by atoms with Crippen LogP contribution in [0.2, 0.25) is 0 Å². The smallest absolute Gasteiger partial charge is 0.255 e. The molecule has 2 aromatic rings. The van der Waals surface area contributed by atoms with Crippen LogP contribution in [0.5, 0.6) is 0 Å². The maximum absolute atomic E-state index is 12.4. The van der Waals surface area contributed by atoms with Gasteiger partial charge in [-0.15, -0.1) is 11.3 Å². The SMILES string of the molecule is O=C(c1csc(Br)c1)N(CCBr)Cc1ccccc1. The minimum absolute atomic E-state index is 0.0743. The number of benzene rings is 1. The number of thiophene rings is 1. The summed E-state index contributed by atoms with van der Waals surface area (Å²) in [5.41, 5.74) is 1.89. The molecule has 2 nitrogen and oxygen atoms in total. The van der Waals surface area contributed by atoms with Gasteiger partial charge in [-0.25, -0.2) is 0 Å². The summed E-state index contributed by atoms with van der Waals surface area (Å²) in [6.45, 7) is 1.33. The highest BCUT2D eigenvalue weighted by molar-refractivity contribution is 9.11. The van der Waals surface area contributed by atoms with E-state index in [2.05, 4.69) is 31.9 Å². The van der Waals surface area contributed by atoms with E-state index in [4.69, 9.17) is 0 Å². The molecule has 0 atom stereocenters. The number of hydrogen-bond donors (Lipinski definition) is 0. The molecule has 0 unspecified atom stereocenters. The van der Waals surface area contributed by atoms with Gasteiger partial charge in [0.2, 0.25) is 0 Å². The Kier molecular flexibility index (Phi) is 5.60. The van der Waals surface area contributed by atoms with Gasteiger partial charge in [0.15, 0.2) is 0 Å². The Morgan fingerprint density at radius 1 is 1.26 bits per heavy atom. The Morgan fingerprint density at radius 3 is 2.58 bits per heavy atom. The van der Waals surface area contributed by atoms with Gasteiger partial charge in [-0.05, 0) is 27.6 Å². The lowest BCUT2D eigenvalue weighted by atomic mass is 10.2. The average Bonchev–Trinajstić information content (AvgIpc) is 2.85. The fraction of sp³-hybridized carbons (Fsp3) is 0.214. The molecule has 2 rings (SSSR count). The first kappa shape index (κ1) is 14.8. The fourth-order valence-corrected chi connectivity index (χ4v) is 3.32. The van der Waals surface area contributed by atoms with Crippen LogP contribution in [0.1, 0.15) is 15.9 Å². The Hall–Kier alpha value is -0.650. The van der Waals surface area contributed by atoms with Crippen LogP contribution in [-0.2, 0) is 6.54 Å². The minimum atomic E-state index is 0.0743. The van der Waals surface area contributed by atoms with Crippen LogP contribution in [0.25, 0.3) is 0 Å². The number of hydrogen-bond acceptors (Lipinski definition) is 2. The number of carbonyl (C=O) groups excluding carboxylic acids is 1. The Bertz CT molecular complexity index is 541. The van der Waals surface area contributed by atoms with Gasteiger partial charge in [0.1, 0.15) is 0 Å². The van der Waals surface area contributed by atoms with E-state index in [1.165, 1.54) is 11.3 Å². The summed E-state index contributed by atoms with van der Waals surface area (Å²) in [7, 11) is 0. The third-order valence-corrected chi connectivity index (χ3v) is 4.53. The highest BCUT2D eigenvalue weighted by Crippen LogP contribution is 2.22. The van der Waals surface area contributed by atoms with Crippen molar-refractivity contribution in [3.63, 3.8) is 0 Å². The molecule has 0 aliphatic heterocycles. The van der Waals surface area contributed by atoms with Gasteiger partial charge in [-0.1, -0.05) is 46.3 Å². The van der Waals surface area contributed by atoms with Crippen molar-refractivity contribution in [3.05, 3.63) is 56.7 Å². The van der Waals surface area contributed by atoms with Crippen LogP contribution < -0.4 is 0 Å². The summed E-state index contributed by atoms with van der Waals surface area (Å²) in [5.74, 6) is 0.0743. The summed E-state index contributed by atoms with van der Waals surface area (Å²) >= 11 is 8.33. The average molecular weight is 403 g/mol. The molecule has 100 valence electrons. The van der Waals surface area contributed by atoms with Crippen LogP contribution in [0.4, 0.5) is 0 Å². The van der Waals surface area contributed by atoms with Gasteiger partial charge >= 0.3 is 0 Å². The van der Waals surface area contributed by atoms with E-state index in [0.29, 0.717) is 13.1 Å². The van der Waals surface area contributed by atoms with E-state index in [9.17, 15) is 4.79 Å². The van der Waals surface area contributed by atoms with E-state index in [0.717, 1.165) is 20.2 Å². The van der Waals surface area contributed by atoms with Crippen LogP contribution in [-0.4, -0.2) is 22.7 Å². The molecule has 1 heterocycles. The van der Waals surface area contributed by atoms with E-state index in [-0.39, 0.29) is 5.91 Å². The molecule has 0 aliphatic carbocycles. The topological polar surface area (TPSA) is 20.3 Å². The third kappa shape index (κ3) is 4.16. The Labute approximate surface area is 133 Å². The number of alkyl halides is 1. The standard InChI is InChI=1S/C14H13Br2NOS/c15-6-7-17(9-11-4-2-1-3-5-11)14(18)12-8-13(16)19-10-12/h1-5,8,10H,6-7,9H2. The largest absolute Gasteiger partial charge is 0.333 e. The molecule has 5 heteroatoms. The second kappa shape index (κ2) is 7.22. The summed E-state index contributed by atoms with van der Waals surface area (Å²) in [4.78, 5) is 14.3. The minimum Gasteiger partial charge on any atom is -0.333 e. The van der Waals surface area contributed by atoms with Crippen molar-refractivity contribution >= 4 is 49.1 Å². The number of amides is 1. The van der Waals surface area contributed by atoms with Crippen LogP contribution >= 0.6 is 43.2 Å². The van der Waals surface area contributed by atoms with E-state index < -0.39 is 0 Å². The number of halogens is 2. The molecule has 0 N–H and O–H groups in total. The molecule has 0 fully saturated rings. The Morgan fingerprint density at radius 2 is 2.00 bits per heavy atom. The molecule has 1 amide bonds. The molecular formula is C14H13Br2NOS. The van der Waals surface area contributed by atoms with Gasteiger partial charge in [0.05, 0.1) is 9.35 Å². The predicted molar refractivity (Wildman–Crippen MR) is 87.0 cm³/mol. The first-order valence-corrected chi connectivity index (χ1v) is 8.63. The van der Waals surface area contributed by atoms with E-state index >= 15 is 0 Å². The molecule has 0 bridgehead atoms. The zero-order chi connectivity index (χ0) is 13.7. The van der Waals surface area contributed by atoms with Gasteiger partial charge in [0.25, 0.3) is 5.91 Å². The first-order valence-electron chi connectivity index (χ1n) is 5.84. The van der Waals surface area contributed by atoms with Crippen molar-refractivity contribution in [1.82, 2.24) is 4.90 Å². The molecular weight excluding hydrogens is 390 g/mol. The lowest BCUT2D eigenvalue weighted by Gasteiger charge is -2.21. The highest BCUT2D eigenvalue weighted by atomic mass is 79.9. The zero-order valence-corrected chi connectivity index (χ0v) is 14.2. The van der Waals surface area contributed by atoms with Crippen molar-refractivity contribution in [2.24, 2.45) is 0 Å². The van der Waals surface area contributed by atoms with E-state index in [1.807, 2.05) is 46.7 Å². The molecule has 0 spiro atoms. The van der Waals surface area contributed by atoms with Gasteiger partial charge in [-0.2, -0.15) is 0 Å². The first-order chi connectivity index (χ1) is 9.20. The normalized spacial score (nSPS) is 10.4. The quantitative estimate of drug-likeness (QED) is 0.672. The molecule has 1 aromatic heterocycles. The van der Waals surface area contributed by atoms with E-state index in [1.54, 1.807) is 0 Å². The summed E-state index contributed by atoms with van der Waals surface area (Å²) in [6.07, 6.45) is 0. The monoisotopic (exact) mass is 401 g/mol. The zero-order valence-electron chi connectivity index (χ0n) is 10.2. The van der Waals surface area contributed by atoms with Crippen LogP contribution in [0.15, 0.2) is 45.6 Å². The van der Waals surface area contributed by atoms with Crippen molar-refractivity contribution in [3.8, 4) is 0 Å². The molecule has 0 aliphatic rings. The second-order valence-electron chi connectivity index (χ2n) is 4.04. The fourth-order valence-electron chi connectivity index (χ4n) is 1.76. The number of carbonyl (C=O) groups is 1. The molecule has 19 heavy (non-hydrogen) atoms. The number of rotatable bonds is 5. The third-order valence-electron chi connectivity index (χ3n) is 2.67. The maximum atomic E-state index is 12.4. The summed E-state index contributed by atoms with van der Waals surface area (Å²) < 4.78 is 0.981. The van der Waals surface area contributed by atoms with Gasteiger partial charge in [0, 0.05) is 23.8 Å². The lowest BCUT2D eigenvalue weighted by Crippen LogP contribution is -2.31. The van der Waals surface area contributed by atoms with Crippen molar-refractivity contribution in [2.75, 3.05) is 11.9 Å². The lowest BCUT2D eigenvalue weighted by molar-refractivity contribution is 0.0755. The molecule has 0 saturated carbocycles. The molecule has 0 radical (unpaired) electrons. The highest BCUT2D eigenvalue weighted by Gasteiger charge is 2.16. The van der Waals surface area contributed by atoms with Crippen molar-refractivity contribution in [1.29, 1.82) is 0 Å². The molecule has 0 saturated heterocycles. The van der Waals surface area contributed by atoms with Crippen LogP contribution in [0, 0.1) is 0 Å². The van der Waals surface area contributed by atoms with Gasteiger partial charge < -0.3 is 4.90 Å². The molecule has 1 aromatic carbocycles. The Balaban J connectivity index is 2.13. The predicted octanol–water partition coefficient (Wildman–Crippen LogP) is 4.55. The maximum Gasteiger partial charge on any atom is 0.255 e. The van der Waals surface area contributed by atoms with Crippen molar-refractivity contribution in [2.45, 2.75) is 6.54 Å².